The standard InChI is InChI=1S/C15H30N2/c1-5-14-10-17(9-8-12(2)3)15(4,11-16-14)13-6-7-13/h12-14,16H,5-11H2,1-4H3. The molecule has 2 atom stereocenters. The van der Waals surface area contributed by atoms with Crippen molar-refractivity contribution in [1.29, 1.82) is 0 Å². The van der Waals surface area contributed by atoms with E-state index in [-0.39, 0.29) is 0 Å². The summed E-state index contributed by atoms with van der Waals surface area (Å²) in [4.78, 5) is 2.80. The lowest BCUT2D eigenvalue weighted by Gasteiger charge is -2.49. The highest BCUT2D eigenvalue weighted by Crippen LogP contribution is 2.44. The molecule has 2 unspecified atom stereocenters. The molecule has 0 amide bonds. The van der Waals surface area contributed by atoms with Crippen LogP contribution in [-0.4, -0.2) is 36.1 Å². The number of nitrogens with zero attached hydrogens (tertiary/aromatic N) is 1. The zero-order chi connectivity index (χ0) is 12.5. The maximum Gasteiger partial charge on any atom is 0.0334 e. The minimum absolute atomic E-state index is 0.445. The van der Waals surface area contributed by atoms with Gasteiger partial charge in [0, 0.05) is 24.7 Å². The molecule has 0 radical (unpaired) electrons. The van der Waals surface area contributed by atoms with E-state index in [9.17, 15) is 0 Å². The molecule has 0 bridgehead atoms. The summed E-state index contributed by atoms with van der Waals surface area (Å²) >= 11 is 0. The summed E-state index contributed by atoms with van der Waals surface area (Å²) in [6.45, 7) is 13.2. The molecule has 1 saturated heterocycles. The smallest absolute Gasteiger partial charge is 0.0334 e. The molecular formula is C15H30N2. The number of hydrogen-bond acceptors (Lipinski definition) is 2. The largest absolute Gasteiger partial charge is 0.311 e. The van der Waals surface area contributed by atoms with Crippen LogP contribution in [0.15, 0.2) is 0 Å². The Hall–Kier alpha value is -0.0800. The highest BCUT2D eigenvalue weighted by molar-refractivity contribution is 5.04. The van der Waals surface area contributed by atoms with Crippen molar-refractivity contribution in [1.82, 2.24) is 10.2 Å². The third-order valence-corrected chi connectivity index (χ3v) is 4.84. The van der Waals surface area contributed by atoms with Crippen LogP contribution in [0, 0.1) is 11.8 Å². The predicted octanol–water partition coefficient (Wildman–Crippen LogP) is 2.89. The van der Waals surface area contributed by atoms with Crippen LogP contribution in [0.3, 0.4) is 0 Å². The molecule has 1 N–H and O–H groups in total. The molecule has 2 rings (SSSR count). The fraction of sp³-hybridized carbons (Fsp3) is 1.00. The fourth-order valence-corrected chi connectivity index (χ4v) is 3.14. The van der Waals surface area contributed by atoms with Crippen molar-refractivity contribution in [2.24, 2.45) is 11.8 Å². The third kappa shape index (κ3) is 3.03. The van der Waals surface area contributed by atoms with E-state index in [0.29, 0.717) is 11.6 Å². The van der Waals surface area contributed by atoms with Gasteiger partial charge in [-0.2, -0.15) is 0 Å². The van der Waals surface area contributed by atoms with Gasteiger partial charge < -0.3 is 5.32 Å². The molecule has 100 valence electrons. The molecule has 2 aliphatic rings. The van der Waals surface area contributed by atoms with Crippen LogP contribution in [0.4, 0.5) is 0 Å². The average molecular weight is 238 g/mol. The maximum absolute atomic E-state index is 3.76. The Labute approximate surface area is 107 Å². The molecule has 0 aromatic heterocycles. The van der Waals surface area contributed by atoms with Gasteiger partial charge in [0.1, 0.15) is 0 Å². The first-order valence-electron chi connectivity index (χ1n) is 7.54. The van der Waals surface area contributed by atoms with E-state index in [4.69, 9.17) is 0 Å². The SMILES string of the molecule is CCC1CN(CCC(C)C)C(C)(C2CC2)CN1. The first-order chi connectivity index (χ1) is 8.06. The van der Waals surface area contributed by atoms with E-state index in [0.717, 1.165) is 11.8 Å². The van der Waals surface area contributed by atoms with Gasteiger partial charge in [0.05, 0.1) is 0 Å². The van der Waals surface area contributed by atoms with Gasteiger partial charge >= 0.3 is 0 Å². The number of hydrogen-bond donors (Lipinski definition) is 1. The molecule has 0 spiro atoms. The van der Waals surface area contributed by atoms with Gasteiger partial charge in [0.2, 0.25) is 0 Å². The normalized spacial score (nSPS) is 35.5. The van der Waals surface area contributed by atoms with Crippen LogP contribution >= 0.6 is 0 Å². The molecule has 1 aliphatic heterocycles. The van der Waals surface area contributed by atoms with E-state index in [1.165, 1.54) is 45.3 Å². The molecule has 17 heavy (non-hydrogen) atoms. The van der Waals surface area contributed by atoms with Crippen LogP contribution in [0.2, 0.25) is 0 Å². The second-order valence-corrected chi connectivity index (χ2v) is 6.75. The van der Waals surface area contributed by atoms with E-state index in [1.807, 2.05) is 0 Å². The van der Waals surface area contributed by atoms with Gasteiger partial charge in [0.25, 0.3) is 0 Å². The summed E-state index contributed by atoms with van der Waals surface area (Å²) < 4.78 is 0. The Morgan fingerprint density at radius 2 is 2.06 bits per heavy atom. The Bertz CT molecular complexity index is 247. The number of rotatable bonds is 5. The highest BCUT2D eigenvalue weighted by atomic mass is 15.3. The summed E-state index contributed by atoms with van der Waals surface area (Å²) in [5.41, 5.74) is 0.445. The van der Waals surface area contributed by atoms with Gasteiger partial charge in [-0.25, -0.2) is 0 Å². The zero-order valence-electron chi connectivity index (χ0n) is 12.1. The van der Waals surface area contributed by atoms with E-state index in [2.05, 4.69) is 37.9 Å². The van der Waals surface area contributed by atoms with Crippen molar-refractivity contribution in [3.63, 3.8) is 0 Å². The molecule has 1 saturated carbocycles. The van der Waals surface area contributed by atoms with Gasteiger partial charge in [-0.1, -0.05) is 20.8 Å². The topological polar surface area (TPSA) is 15.3 Å². The van der Waals surface area contributed by atoms with Crippen LogP contribution < -0.4 is 5.32 Å². The van der Waals surface area contributed by atoms with Gasteiger partial charge in [-0.05, 0) is 51.0 Å². The Morgan fingerprint density at radius 3 is 2.59 bits per heavy atom. The van der Waals surface area contributed by atoms with Crippen molar-refractivity contribution >= 4 is 0 Å². The lowest BCUT2D eigenvalue weighted by Crippen LogP contribution is -2.64. The van der Waals surface area contributed by atoms with Crippen LogP contribution in [-0.2, 0) is 0 Å². The molecule has 2 nitrogen and oxygen atoms in total. The van der Waals surface area contributed by atoms with Crippen LogP contribution in [0.5, 0.6) is 0 Å². The van der Waals surface area contributed by atoms with E-state index >= 15 is 0 Å². The molecule has 2 heteroatoms. The van der Waals surface area contributed by atoms with Crippen LogP contribution in [0.1, 0.15) is 53.4 Å². The molecular weight excluding hydrogens is 208 g/mol. The molecule has 1 heterocycles. The Morgan fingerprint density at radius 1 is 1.35 bits per heavy atom. The van der Waals surface area contributed by atoms with E-state index < -0.39 is 0 Å². The second-order valence-electron chi connectivity index (χ2n) is 6.75. The lowest BCUT2D eigenvalue weighted by atomic mass is 9.88. The van der Waals surface area contributed by atoms with Gasteiger partial charge in [-0.3, -0.25) is 4.90 Å². The maximum atomic E-state index is 3.76. The summed E-state index contributed by atoms with van der Waals surface area (Å²) in [5, 5.41) is 3.76. The van der Waals surface area contributed by atoms with Crippen molar-refractivity contribution in [2.45, 2.75) is 65.0 Å². The van der Waals surface area contributed by atoms with Crippen molar-refractivity contribution in [2.75, 3.05) is 19.6 Å². The molecule has 2 fully saturated rings. The quantitative estimate of drug-likeness (QED) is 0.792. The Kier molecular flexibility index (Phi) is 4.14. The minimum atomic E-state index is 0.445. The predicted molar refractivity (Wildman–Crippen MR) is 74.2 cm³/mol. The Balaban J connectivity index is 1.98. The second kappa shape index (κ2) is 5.27. The fourth-order valence-electron chi connectivity index (χ4n) is 3.14. The van der Waals surface area contributed by atoms with E-state index in [1.54, 1.807) is 0 Å². The summed E-state index contributed by atoms with van der Waals surface area (Å²) in [6, 6.07) is 0.717. The average Bonchev–Trinajstić information content (AvgIpc) is 3.12. The number of nitrogens with one attached hydrogen (secondary N) is 1. The first kappa shape index (κ1) is 13.4. The van der Waals surface area contributed by atoms with Crippen LogP contribution in [0.25, 0.3) is 0 Å². The van der Waals surface area contributed by atoms with Crippen molar-refractivity contribution in [3.8, 4) is 0 Å². The van der Waals surface area contributed by atoms with Gasteiger partial charge in [0.15, 0.2) is 0 Å². The van der Waals surface area contributed by atoms with Crippen molar-refractivity contribution < 1.29 is 0 Å². The minimum Gasteiger partial charge on any atom is -0.311 e. The first-order valence-corrected chi connectivity index (χ1v) is 7.54. The zero-order valence-corrected chi connectivity index (χ0v) is 12.1. The number of piperazine rings is 1. The monoisotopic (exact) mass is 238 g/mol. The molecule has 0 aromatic rings. The van der Waals surface area contributed by atoms with Gasteiger partial charge in [-0.15, -0.1) is 0 Å². The lowest BCUT2D eigenvalue weighted by molar-refractivity contribution is 0.0306. The summed E-state index contributed by atoms with van der Waals surface area (Å²) in [5.74, 6) is 1.79. The molecule has 0 aromatic carbocycles. The molecule has 1 aliphatic carbocycles. The third-order valence-electron chi connectivity index (χ3n) is 4.84. The summed E-state index contributed by atoms with van der Waals surface area (Å²) in [7, 11) is 0. The highest BCUT2D eigenvalue weighted by Gasteiger charge is 2.47. The summed E-state index contributed by atoms with van der Waals surface area (Å²) in [6.07, 6.45) is 5.51. The van der Waals surface area contributed by atoms with Crippen molar-refractivity contribution in [3.05, 3.63) is 0 Å².